The predicted octanol–water partition coefficient (Wildman–Crippen LogP) is 2.81. The van der Waals surface area contributed by atoms with E-state index < -0.39 is 0 Å². The molecule has 2 atom stereocenters. The fourth-order valence-electron chi connectivity index (χ4n) is 2.82. The van der Waals surface area contributed by atoms with Gasteiger partial charge in [-0.15, -0.1) is 5.92 Å². The molecule has 2 rings (SSSR count). The molecule has 0 aromatic carbocycles. The van der Waals surface area contributed by atoms with Crippen LogP contribution in [0.5, 0.6) is 0 Å². The van der Waals surface area contributed by atoms with Crippen molar-refractivity contribution in [1.29, 1.82) is 0 Å². The zero-order chi connectivity index (χ0) is 10.0. The van der Waals surface area contributed by atoms with E-state index in [0.29, 0.717) is 11.6 Å². The molecule has 0 N–H and O–H groups in total. The highest BCUT2D eigenvalue weighted by Gasteiger charge is 2.36. The van der Waals surface area contributed by atoms with Gasteiger partial charge in [0, 0.05) is 12.0 Å². The molecule has 0 bridgehead atoms. The molecule has 0 amide bonds. The molecular formula is C13H21N. The van der Waals surface area contributed by atoms with Crippen LogP contribution >= 0.6 is 0 Å². The molecule has 1 aliphatic carbocycles. The van der Waals surface area contributed by atoms with Crippen LogP contribution in [0.2, 0.25) is 0 Å². The van der Waals surface area contributed by atoms with Gasteiger partial charge in [-0.1, -0.05) is 19.3 Å². The third kappa shape index (κ3) is 1.68. The van der Waals surface area contributed by atoms with Crippen LogP contribution in [-0.4, -0.2) is 23.0 Å². The number of piperidine rings is 1. The first kappa shape index (κ1) is 10.1. The molecule has 1 fully saturated rings. The lowest BCUT2D eigenvalue weighted by molar-refractivity contribution is 0.0359. The van der Waals surface area contributed by atoms with E-state index in [4.69, 9.17) is 0 Å². The van der Waals surface area contributed by atoms with Crippen molar-refractivity contribution >= 4 is 0 Å². The van der Waals surface area contributed by atoms with Crippen molar-refractivity contribution in [3.05, 3.63) is 0 Å². The third-order valence-electron chi connectivity index (χ3n) is 4.01. The quantitative estimate of drug-likeness (QED) is 0.607. The van der Waals surface area contributed by atoms with Crippen LogP contribution in [0.1, 0.15) is 52.4 Å². The topological polar surface area (TPSA) is 3.24 Å². The standard InChI is InChI=1S/C13H21N/c1-3-13(2)10-6-7-11-14(13)12-8-4-5-9-12/h12H,3-4,6-8,10-11H2,1-2H3. The Morgan fingerprint density at radius 1 is 1.43 bits per heavy atom. The Bertz CT molecular complexity index is 260. The van der Waals surface area contributed by atoms with Crippen LogP contribution in [0.25, 0.3) is 0 Å². The average Bonchev–Trinajstić information content (AvgIpc) is 2.71. The summed E-state index contributed by atoms with van der Waals surface area (Å²) in [5, 5.41) is 0. The van der Waals surface area contributed by atoms with Gasteiger partial charge in [0.1, 0.15) is 0 Å². The fourth-order valence-corrected chi connectivity index (χ4v) is 2.82. The SMILES string of the molecule is CCC1(C)CCCCN1C1C#CCC1. The summed E-state index contributed by atoms with van der Waals surface area (Å²) < 4.78 is 0. The minimum absolute atomic E-state index is 0.432. The molecule has 0 spiro atoms. The maximum absolute atomic E-state index is 3.39. The second-order valence-electron chi connectivity index (χ2n) is 4.88. The molecule has 1 nitrogen and oxygen atoms in total. The van der Waals surface area contributed by atoms with Crippen LogP contribution in [0.15, 0.2) is 0 Å². The summed E-state index contributed by atoms with van der Waals surface area (Å²) in [6.07, 6.45) is 7.76. The van der Waals surface area contributed by atoms with Gasteiger partial charge in [0.25, 0.3) is 0 Å². The molecule has 0 aromatic heterocycles. The summed E-state index contributed by atoms with van der Waals surface area (Å²) >= 11 is 0. The molecule has 2 unspecified atom stereocenters. The predicted molar refractivity (Wildman–Crippen MR) is 60.1 cm³/mol. The maximum Gasteiger partial charge on any atom is 0.0728 e. The molecule has 0 radical (unpaired) electrons. The Hall–Kier alpha value is -0.480. The summed E-state index contributed by atoms with van der Waals surface area (Å²) in [7, 11) is 0. The van der Waals surface area contributed by atoms with E-state index in [2.05, 4.69) is 30.6 Å². The smallest absolute Gasteiger partial charge is 0.0728 e. The number of hydrogen-bond acceptors (Lipinski definition) is 1. The maximum atomic E-state index is 3.39. The summed E-state index contributed by atoms with van der Waals surface area (Å²) in [6.45, 7) is 6.01. The van der Waals surface area contributed by atoms with E-state index >= 15 is 0 Å². The van der Waals surface area contributed by atoms with Crippen molar-refractivity contribution in [2.75, 3.05) is 6.54 Å². The highest BCUT2D eigenvalue weighted by atomic mass is 15.2. The first-order valence-corrected chi connectivity index (χ1v) is 6.01. The fraction of sp³-hybridized carbons (Fsp3) is 0.846. The summed E-state index contributed by atoms with van der Waals surface area (Å²) in [5.74, 6) is 6.63. The molecule has 0 aromatic rings. The average molecular weight is 191 g/mol. The van der Waals surface area contributed by atoms with Gasteiger partial charge in [-0.25, -0.2) is 0 Å². The number of likely N-dealkylation sites (tertiary alicyclic amines) is 1. The lowest BCUT2D eigenvalue weighted by atomic mass is 9.84. The van der Waals surface area contributed by atoms with Gasteiger partial charge in [0.05, 0.1) is 6.04 Å². The van der Waals surface area contributed by atoms with Crippen molar-refractivity contribution in [3.8, 4) is 11.8 Å². The van der Waals surface area contributed by atoms with Gasteiger partial charge in [-0.3, -0.25) is 4.90 Å². The third-order valence-corrected chi connectivity index (χ3v) is 4.01. The Labute approximate surface area is 87.9 Å². The number of nitrogens with zero attached hydrogens (tertiary/aromatic N) is 1. The second-order valence-corrected chi connectivity index (χ2v) is 4.88. The van der Waals surface area contributed by atoms with Crippen molar-refractivity contribution in [1.82, 2.24) is 4.90 Å². The molecule has 1 saturated heterocycles. The van der Waals surface area contributed by atoms with Crippen molar-refractivity contribution in [3.63, 3.8) is 0 Å². The van der Waals surface area contributed by atoms with Gasteiger partial charge >= 0.3 is 0 Å². The lowest BCUT2D eigenvalue weighted by Crippen LogP contribution is -2.53. The number of hydrogen-bond donors (Lipinski definition) is 0. The van der Waals surface area contributed by atoms with E-state index in [-0.39, 0.29) is 0 Å². The van der Waals surface area contributed by atoms with E-state index in [1.54, 1.807) is 0 Å². The Morgan fingerprint density at radius 3 is 2.93 bits per heavy atom. The largest absolute Gasteiger partial charge is 0.284 e. The minimum Gasteiger partial charge on any atom is -0.284 e. The number of rotatable bonds is 2. The van der Waals surface area contributed by atoms with E-state index in [1.807, 2.05) is 0 Å². The molecule has 0 saturated carbocycles. The van der Waals surface area contributed by atoms with Crippen molar-refractivity contribution < 1.29 is 0 Å². The summed E-state index contributed by atoms with van der Waals surface area (Å²) in [5.41, 5.74) is 0.432. The van der Waals surface area contributed by atoms with Gasteiger partial charge in [0.2, 0.25) is 0 Å². The highest BCUT2D eigenvalue weighted by Crippen LogP contribution is 2.33. The van der Waals surface area contributed by atoms with Gasteiger partial charge in [-0.05, 0) is 39.2 Å². The Balaban J connectivity index is 2.11. The van der Waals surface area contributed by atoms with Gasteiger partial charge in [-0.2, -0.15) is 0 Å². The highest BCUT2D eigenvalue weighted by molar-refractivity contribution is 5.17. The van der Waals surface area contributed by atoms with Gasteiger partial charge in [0.15, 0.2) is 0 Å². The first-order valence-electron chi connectivity index (χ1n) is 6.01. The Morgan fingerprint density at radius 2 is 2.29 bits per heavy atom. The normalized spacial score (nSPS) is 38.0. The van der Waals surface area contributed by atoms with Gasteiger partial charge < -0.3 is 0 Å². The molecule has 14 heavy (non-hydrogen) atoms. The first-order chi connectivity index (χ1) is 6.76. The summed E-state index contributed by atoms with van der Waals surface area (Å²) in [6, 6.07) is 0.570. The molecular weight excluding hydrogens is 170 g/mol. The second kappa shape index (κ2) is 3.95. The van der Waals surface area contributed by atoms with Crippen LogP contribution in [0, 0.1) is 11.8 Å². The molecule has 1 heteroatoms. The Kier molecular flexibility index (Phi) is 2.83. The van der Waals surface area contributed by atoms with Crippen LogP contribution < -0.4 is 0 Å². The zero-order valence-corrected chi connectivity index (χ0v) is 9.47. The minimum atomic E-state index is 0.432. The van der Waals surface area contributed by atoms with Crippen LogP contribution in [0.3, 0.4) is 0 Å². The van der Waals surface area contributed by atoms with Crippen LogP contribution in [0.4, 0.5) is 0 Å². The van der Waals surface area contributed by atoms with Crippen molar-refractivity contribution in [2.45, 2.75) is 64.0 Å². The molecule has 2 aliphatic rings. The van der Waals surface area contributed by atoms with Crippen molar-refractivity contribution in [2.24, 2.45) is 0 Å². The van der Waals surface area contributed by atoms with E-state index in [1.165, 1.54) is 38.6 Å². The monoisotopic (exact) mass is 191 g/mol. The zero-order valence-electron chi connectivity index (χ0n) is 9.47. The van der Waals surface area contributed by atoms with Crippen LogP contribution in [-0.2, 0) is 0 Å². The molecule has 1 aliphatic heterocycles. The lowest BCUT2D eigenvalue weighted by Gasteiger charge is -2.47. The molecule has 78 valence electrons. The van der Waals surface area contributed by atoms with E-state index in [0.717, 1.165) is 6.42 Å². The van der Waals surface area contributed by atoms with E-state index in [9.17, 15) is 0 Å². The molecule has 1 heterocycles. The summed E-state index contributed by atoms with van der Waals surface area (Å²) in [4.78, 5) is 2.68.